The van der Waals surface area contributed by atoms with Gasteiger partial charge in [-0.15, -0.1) is 0 Å². The molecule has 1 unspecified atom stereocenters. The molecule has 0 aliphatic carbocycles. The van der Waals surface area contributed by atoms with Gasteiger partial charge in [0.15, 0.2) is 13.2 Å². The second-order valence-corrected chi connectivity index (χ2v) is 6.67. The van der Waals surface area contributed by atoms with Crippen molar-refractivity contribution in [3.05, 3.63) is 35.9 Å². The summed E-state index contributed by atoms with van der Waals surface area (Å²) in [6.07, 6.45) is 0. The van der Waals surface area contributed by atoms with Gasteiger partial charge >= 0.3 is 6.03 Å². The zero-order valence-corrected chi connectivity index (χ0v) is 14.6. The minimum absolute atomic E-state index is 0.0587. The number of nitrogens with one attached hydrogen (secondary N) is 3. The lowest BCUT2D eigenvalue weighted by molar-refractivity contribution is -0.879. The first-order valence-electron chi connectivity index (χ1n) is 8.04. The number of hydrogen-bond donors (Lipinski definition) is 3. The van der Waals surface area contributed by atoms with Crippen LogP contribution in [0.3, 0.4) is 0 Å². The van der Waals surface area contributed by atoms with E-state index in [1.54, 1.807) is 14.0 Å². The number of imide groups is 1. The molecule has 3 N–H and O–H groups in total. The molecule has 1 fully saturated rings. The Labute approximate surface area is 142 Å². The van der Waals surface area contributed by atoms with Gasteiger partial charge in [0.1, 0.15) is 5.54 Å². The Morgan fingerprint density at radius 1 is 1.29 bits per heavy atom. The van der Waals surface area contributed by atoms with E-state index in [4.69, 9.17) is 0 Å². The summed E-state index contributed by atoms with van der Waals surface area (Å²) in [7, 11) is 1.78. The number of likely N-dealkylation sites (N-methyl/N-ethyl adjacent to an activating group) is 1. The number of hydrogen-bond acceptors (Lipinski definition) is 3. The van der Waals surface area contributed by atoms with Crippen LogP contribution in [-0.4, -0.2) is 49.0 Å². The Balaban J connectivity index is 2.06. The van der Waals surface area contributed by atoms with Gasteiger partial charge in [-0.3, -0.25) is 9.59 Å². The first-order chi connectivity index (χ1) is 11.2. The van der Waals surface area contributed by atoms with Gasteiger partial charge in [0.25, 0.3) is 11.8 Å². The highest BCUT2D eigenvalue weighted by Gasteiger charge is 2.49. The van der Waals surface area contributed by atoms with E-state index in [1.165, 1.54) is 4.90 Å². The standard InChI is InChI=1S/C17H24N4O3/c1-12(2)18-14(22)10-20(4)11-21-15(23)17(3,19-16(21)24)13-8-6-5-7-9-13/h5-9,12H,10-11H2,1-4H3,(H,18,22)(H,19,24)/p+1/t17-/m0/s1. The topological polar surface area (TPSA) is 82.9 Å². The molecule has 1 heterocycles. The third kappa shape index (κ3) is 3.73. The number of benzene rings is 1. The van der Waals surface area contributed by atoms with Gasteiger partial charge in [0.05, 0.1) is 7.05 Å². The molecule has 7 heteroatoms. The minimum atomic E-state index is -1.07. The lowest BCUT2D eigenvalue weighted by Crippen LogP contribution is -3.12. The normalized spacial score (nSPS) is 21.8. The summed E-state index contributed by atoms with van der Waals surface area (Å²) in [6.45, 7) is 5.80. The summed E-state index contributed by atoms with van der Waals surface area (Å²) in [6, 6.07) is 8.77. The Morgan fingerprint density at radius 3 is 2.50 bits per heavy atom. The molecular formula is C17H25N4O3+. The number of amides is 4. The lowest BCUT2D eigenvalue weighted by atomic mass is 9.92. The predicted octanol–water partition coefficient (Wildman–Crippen LogP) is -0.550. The molecule has 130 valence electrons. The molecule has 1 saturated heterocycles. The molecule has 0 saturated carbocycles. The molecule has 1 aliphatic rings. The van der Waals surface area contributed by atoms with Crippen molar-refractivity contribution in [3.63, 3.8) is 0 Å². The summed E-state index contributed by atoms with van der Waals surface area (Å²) in [5.74, 6) is -0.414. The van der Waals surface area contributed by atoms with Crippen LogP contribution in [0, 0.1) is 0 Å². The average molecular weight is 333 g/mol. The Hall–Kier alpha value is -2.41. The van der Waals surface area contributed by atoms with Crippen molar-refractivity contribution in [1.29, 1.82) is 0 Å². The van der Waals surface area contributed by atoms with E-state index in [1.807, 2.05) is 44.2 Å². The minimum Gasteiger partial charge on any atom is -0.349 e. The van der Waals surface area contributed by atoms with Crippen LogP contribution in [0.2, 0.25) is 0 Å². The van der Waals surface area contributed by atoms with E-state index >= 15 is 0 Å². The summed E-state index contributed by atoms with van der Waals surface area (Å²) in [5.41, 5.74) is -0.334. The summed E-state index contributed by atoms with van der Waals surface area (Å²) < 4.78 is 0. The fourth-order valence-corrected chi connectivity index (χ4v) is 2.78. The van der Waals surface area contributed by atoms with Crippen LogP contribution in [0.15, 0.2) is 30.3 Å². The van der Waals surface area contributed by atoms with Crippen molar-refractivity contribution in [2.75, 3.05) is 20.3 Å². The smallest absolute Gasteiger partial charge is 0.329 e. The van der Waals surface area contributed by atoms with Crippen LogP contribution in [0.4, 0.5) is 4.79 Å². The molecule has 1 aliphatic heterocycles. The highest BCUT2D eigenvalue weighted by molar-refractivity contribution is 6.07. The highest BCUT2D eigenvalue weighted by atomic mass is 16.2. The maximum Gasteiger partial charge on any atom is 0.329 e. The second kappa shape index (κ2) is 7.00. The fraction of sp³-hybridized carbons (Fsp3) is 0.471. The third-order valence-electron chi connectivity index (χ3n) is 3.97. The van der Waals surface area contributed by atoms with Gasteiger partial charge in [0.2, 0.25) is 0 Å². The van der Waals surface area contributed by atoms with E-state index in [9.17, 15) is 14.4 Å². The molecule has 7 nitrogen and oxygen atoms in total. The lowest BCUT2D eigenvalue weighted by Gasteiger charge is -2.23. The molecule has 2 rings (SSSR count). The molecule has 0 aromatic heterocycles. The van der Waals surface area contributed by atoms with Gasteiger partial charge < -0.3 is 15.5 Å². The average Bonchev–Trinajstić information content (AvgIpc) is 2.71. The molecule has 0 radical (unpaired) electrons. The number of carbonyl (C=O) groups excluding carboxylic acids is 3. The number of rotatable bonds is 6. The van der Waals surface area contributed by atoms with E-state index in [0.717, 1.165) is 10.5 Å². The SMILES string of the molecule is CC(C)NC(=O)C[NH+](C)CN1C(=O)N[C@@](C)(c2ccccc2)C1=O. The maximum atomic E-state index is 12.8. The summed E-state index contributed by atoms with van der Waals surface area (Å²) in [4.78, 5) is 38.8. The van der Waals surface area contributed by atoms with Gasteiger partial charge in [-0.05, 0) is 26.3 Å². The number of urea groups is 1. The molecule has 0 bridgehead atoms. The first kappa shape index (κ1) is 17.9. The van der Waals surface area contributed by atoms with E-state index in [2.05, 4.69) is 10.6 Å². The summed E-state index contributed by atoms with van der Waals surface area (Å²) in [5, 5.41) is 5.56. The number of carbonyl (C=O) groups is 3. The van der Waals surface area contributed by atoms with Gasteiger partial charge in [-0.2, -0.15) is 0 Å². The van der Waals surface area contributed by atoms with Crippen molar-refractivity contribution < 1.29 is 19.3 Å². The monoisotopic (exact) mass is 333 g/mol. The van der Waals surface area contributed by atoms with Crippen LogP contribution in [0.5, 0.6) is 0 Å². The number of quaternary nitrogens is 1. The first-order valence-corrected chi connectivity index (χ1v) is 8.04. The zero-order valence-electron chi connectivity index (χ0n) is 14.6. The van der Waals surface area contributed by atoms with E-state index in [-0.39, 0.29) is 31.1 Å². The Morgan fingerprint density at radius 2 is 1.92 bits per heavy atom. The van der Waals surface area contributed by atoms with E-state index < -0.39 is 11.6 Å². The molecule has 2 atom stereocenters. The highest BCUT2D eigenvalue weighted by Crippen LogP contribution is 2.27. The fourth-order valence-electron chi connectivity index (χ4n) is 2.78. The van der Waals surface area contributed by atoms with Crippen LogP contribution in [0.1, 0.15) is 26.3 Å². The molecular weight excluding hydrogens is 308 g/mol. The van der Waals surface area contributed by atoms with Crippen molar-refractivity contribution in [2.24, 2.45) is 0 Å². The van der Waals surface area contributed by atoms with Crippen molar-refractivity contribution in [3.8, 4) is 0 Å². The molecule has 1 aromatic carbocycles. The maximum absolute atomic E-state index is 12.8. The largest absolute Gasteiger partial charge is 0.349 e. The van der Waals surface area contributed by atoms with Crippen LogP contribution in [-0.2, 0) is 15.1 Å². The van der Waals surface area contributed by atoms with Crippen LogP contribution in [0.25, 0.3) is 0 Å². The van der Waals surface area contributed by atoms with Crippen molar-refractivity contribution in [2.45, 2.75) is 32.4 Å². The van der Waals surface area contributed by atoms with Crippen LogP contribution < -0.4 is 15.5 Å². The van der Waals surface area contributed by atoms with Gasteiger partial charge in [-0.1, -0.05) is 30.3 Å². The molecule has 0 spiro atoms. The quantitative estimate of drug-likeness (QED) is 0.611. The Kier molecular flexibility index (Phi) is 5.23. The predicted molar refractivity (Wildman–Crippen MR) is 89.1 cm³/mol. The Bertz CT molecular complexity index is 632. The van der Waals surface area contributed by atoms with Gasteiger partial charge in [-0.25, -0.2) is 9.69 Å². The molecule has 4 amide bonds. The van der Waals surface area contributed by atoms with E-state index in [0.29, 0.717) is 0 Å². The van der Waals surface area contributed by atoms with Crippen molar-refractivity contribution >= 4 is 17.8 Å². The zero-order chi connectivity index (χ0) is 17.9. The molecule has 24 heavy (non-hydrogen) atoms. The molecule has 1 aromatic rings. The van der Waals surface area contributed by atoms with Gasteiger partial charge in [0, 0.05) is 6.04 Å². The van der Waals surface area contributed by atoms with Crippen LogP contribution >= 0.6 is 0 Å². The second-order valence-electron chi connectivity index (χ2n) is 6.67. The summed E-state index contributed by atoms with van der Waals surface area (Å²) >= 11 is 0. The third-order valence-corrected chi connectivity index (χ3v) is 3.97. The number of nitrogens with zero attached hydrogens (tertiary/aromatic N) is 1. The van der Waals surface area contributed by atoms with Crippen molar-refractivity contribution in [1.82, 2.24) is 15.5 Å².